The minimum absolute atomic E-state index is 0.106. The van der Waals surface area contributed by atoms with Gasteiger partial charge in [-0.1, -0.05) is 11.6 Å². The number of fused-ring (bicyclic) bond motifs is 1. The van der Waals surface area contributed by atoms with Crippen molar-refractivity contribution in [1.82, 2.24) is 4.98 Å². The third kappa shape index (κ3) is 3.09. The molecule has 1 atom stereocenters. The Morgan fingerprint density at radius 1 is 1.56 bits per heavy atom. The summed E-state index contributed by atoms with van der Waals surface area (Å²) in [4.78, 5) is 15.4. The Bertz CT molecular complexity index is 908. The average molecular weight is 359 g/mol. The molecule has 1 unspecified atom stereocenters. The van der Waals surface area contributed by atoms with Crippen LogP contribution >= 0.6 is 11.6 Å². The van der Waals surface area contributed by atoms with Crippen LogP contribution < -0.4 is 16.2 Å². The number of primary amides is 1. The molecule has 0 spiro atoms. The maximum atomic E-state index is 11.1. The van der Waals surface area contributed by atoms with E-state index in [0.29, 0.717) is 27.6 Å². The summed E-state index contributed by atoms with van der Waals surface area (Å²) in [5.41, 5.74) is 13.9. The highest BCUT2D eigenvalue weighted by Crippen LogP contribution is 2.43. The van der Waals surface area contributed by atoms with Gasteiger partial charge in [0.25, 0.3) is 5.91 Å². The van der Waals surface area contributed by atoms with Gasteiger partial charge in [0.15, 0.2) is 6.61 Å². The average Bonchev–Trinajstić information content (AvgIpc) is 2.93. The van der Waals surface area contributed by atoms with E-state index in [4.69, 9.17) is 32.5 Å². The summed E-state index contributed by atoms with van der Waals surface area (Å²) in [6.45, 7) is 1.85. The predicted molar refractivity (Wildman–Crippen MR) is 91.7 cm³/mol. The van der Waals surface area contributed by atoms with Gasteiger partial charge in [0.1, 0.15) is 23.2 Å². The monoisotopic (exact) mass is 358 g/mol. The highest BCUT2D eigenvalue weighted by Gasteiger charge is 2.29. The van der Waals surface area contributed by atoms with Crippen molar-refractivity contribution in [3.05, 3.63) is 40.0 Å². The Labute approximate surface area is 149 Å². The first-order valence-corrected chi connectivity index (χ1v) is 7.85. The lowest BCUT2D eigenvalue weighted by atomic mass is 9.93. The van der Waals surface area contributed by atoms with E-state index in [-0.39, 0.29) is 30.7 Å². The van der Waals surface area contributed by atoms with E-state index in [1.807, 2.05) is 6.92 Å². The van der Waals surface area contributed by atoms with Crippen molar-refractivity contribution >= 4 is 23.3 Å². The van der Waals surface area contributed by atoms with Gasteiger partial charge in [0.05, 0.1) is 18.4 Å². The number of carbonyl (C=O) groups is 1. The molecule has 25 heavy (non-hydrogen) atoms. The number of hydrogen-bond donors (Lipinski definition) is 2. The quantitative estimate of drug-likeness (QED) is 0.864. The minimum atomic E-state index is -0.613. The highest BCUT2D eigenvalue weighted by atomic mass is 35.5. The van der Waals surface area contributed by atoms with Crippen LogP contribution in [0.1, 0.15) is 29.8 Å². The van der Waals surface area contributed by atoms with Crippen molar-refractivity contribution in [2.45, 2.75) is 19.6 Å². The summed E-state index contributed by atoms with van der Waals surface area (Å²) < 4.78 is 11.1. The largest absolute Gasteiger partial charge is 0.483 e. The number of hydrogen-bond acceptors (Lipinski definition) is 6. The van der Waals surface area contributed by atoms with Crippen LogP contribution in [0.15, 0.2) is 18.2 Å². The van der Waals surface area contributed by atoms with Crippen LogP contribution in [0, 0.1) is 11.3 Å². The summed E-state index contributed by atoms with van der Waals surface area (Å²) in [6.07, 6.45) is -0.238. The molecule has 0 radical (unpaired) electrons. The summed E-state index contributed by atoms with van der Waals surface area (Å²) in [5.74, 6) is -0.140. The molecule has 4 N–H and O–H groups in total. The SMILES string of the molecule is CC1OCc2c1nc(N)c(C#N)c2-c1cc(Cl)ccc1OCC(N)=O. The number of carbonyl (C=O) groups excluding carboxylic acids is 1. The smallest absolute Gasteiger partial charge is 0.255 e. The first-order valence-electron chi connectivity index (χ1n) is 7.47. The first kappa shape index (κ1) is 17.0. The van der Waals surface area contributed by atoms with Crippen LogP contribution in [0.3, 0.4) is 0 Å². The fourth-order valence-electron chi connectivity index (χ4n) is 2.81. The zero-order valence-corrected chi connectivity index (χ0v) is 14.1. The maximum absolute atomic E-state index is 11.1. The number of nitrogens with two attached hydrogens (primary N) is 2. The van der Waals surface area contributed by atoms with Gasteiger partial charge in [-0.15, -0.1) is 0 Å². The molecule has 0 bridgehead atoms. The minimum Gasteiger partial charge on any atom is -0.483 e. The van der Waals surface area contributed by atoms with Crippen molar-refractivity contribution in [2.24, 2.45) is 5.73 Å². The van der Waals surface area contributed by atoms with Crippen molar-refractivity contribution < 1.29 is 14.3 Å². The summed E-state index contributed by atoms with van der Waals surface area (Å²) in [6, 6.07) is 6.97. The number of nitriles is 1. The summed E-state index contributed by atoms with van der Waals surface area (Å²) >= 11 is 6.14. The van der Waals surface area contributed by atoms with Gasteiger partial charge < -0.3 is 20.9 Å². The normalized spacial score (nSPS) is 15.5. The molecule has 1 amide bonds. The Balaban J connectivity index is 2.26. The number of amides is 1. The van der Waals surface area contributed by atoms with E-state index in [9.17, 15) is 10.1 Å². The lowest BCUT2D eigenvalue weighted by Gasteiger charge is -2.16. The molecule has 1 aromatic carbocycles. The lowest BCUT2D eigenvalue weighted by Crippen LogP contribution is -2.20. The second-order valence-corrected chi connectivity index (χ2v) is 6.01. The van der Waals surface area contributed by atoms with Gasteiger partial charge in [-0.25, -0.2) is 4.98 Å². The van der Waals surface area contributed by atoms with E-state index < -0.39 is 5.91 Å². The topological polar surface area (TPSA) is 124 Å². The Hall–Kier alpha value is -2.82. The number of nitrogens with zero attached hydrogens (tertiary/aromatic N) is 2. The zero-order valence-electron chi connectivity index (χ0n) is 13.4. The molecule has 8 heteroatoms. The fraction of sp³-hybridized carbons (Fsp3) is 0.235. The van der Waals surface area contributed by atoms with Crippen LogP contribution in [0.25, 0.3) is 11.1 Å². The Morgan fingerprint density at radius 3 is 3.00 bits per heavy atom. The van der Waals surface area contributed by atoms with Gasteiger partial charge in [-0.3, -0.25) is 4.79 Å². The number of benzene rings is 1. The van der Waals surface area contributed by atoms with Gasteiger partial charge >= 0.3 is 0 Å². The van der Waals surface area contributed by atoms with Crippen LogP contribution in [-0.2, 0) is 16.1 Å². The van der Waals surface area contributed by atoms with E-state index >= 15 is 0 Å². The number of halogens is 1. The number of anilines is 1. The number of rotatable bonds is 4. The Morgan fingerprint density at radius 2 is 2.32 bits per heavy atom. The highest BCUT2D eigenvalue weighted by molar-refractivity contribution is 6.31. The standard InChI is InChI=1S/C17H15ClN4O3/c1-8-16-12(6-24-8)15(11(5-19)17(21)22-16)10-4-9(18)2-3-13(10)25-7-14(20)23/h2-4,8H,6-7H2,1H3,(H2,20,23)(H2,21,22). The third-order valence-electron chi connectivity index (χ3n) is 3.91. The number of ether oxygens (including phenoxy) is 2. The number of aromatic nitrogens is 1. The Kier molecular flexibility index (Phi) is 4.49. The van der Waals surface area contributed by atoms with Gasteiger partial charge in [0, 0.05) is 21.7 Å². The number of pyridine rings is 1. The van der Waals surface area contributed by atoms with Crippen LogP contribution in [0.2, 0.25) is 5.02 Å². The zero-order chi connectivity index (χ0) is 18.1. The van der Waals surface area contributed by atoms with E-state index in [0.717, 1.165) is 5.56 Å². The van der Waals surface area contributed by atoms with Crippen molar-refractivity contribution in [2.75, 3.05) is 12.3 Å². The molecule has 0 saturated carbocycles. The van der Waals surface area contributed by atoms with Gasteiger partial charge in [0.2, 0.25) is 0 Å². The summed E-state index contributed by atoms with van der Waals surface area (Å²) in [5, 5.41) is 10.0. The van der Waals surface area contributed by atoms with E-state index in [1.54, 1.807) is 18.2 Å². The van der Waals surface area contributed by atoms with Crippen molar-refractivity contribution in [3.63, 3.8) is 0 Å². The second-order valence-electron chi connectivity index (χ2n) is 5.57. The fourth-order valence-corrected chi connectivity index (χ4v) is 2.98. The molecular weight excluding hydrogens is 344 g/mol. The second kappa shape index (κ2) is 6.59. The third-order valence-corrected chi connectivity index (χ3v) is 4.15. The van der Waals surface area contributed by atoms with E-state index in [1.165, 1.54) is 0 Å². The van der Waals surface area contributed by atoms with Crippen molar-refractivity contribution in [1.29, 1.82) is 5.26 Å². The molecular formula is C17H15ClN4O3. The maximum Gasteiger partial charge on any atom is 0.255 e. The first-order chi connectivity index (χ1) is 11.9. The molecule has 1 aromatic heterocycles. The molecule has 2 heterocycles. The molecule has 0 aliphatic carbocycles. The van der Waals surface area contributed by atoms with Crippen LogP contribution in [0.4, 0.5) is 5.82 Å². The summed E-state index contributed by atoms with van der Waals surface area (Å²) in [7, 11) is 0. The van der Waals surface area contributed by atoms with Crippen LogP contribution in [-0.4, -0.2) is 17.5 Å². The number of nitrogen functional groups attached to an aromatic ring is 1. The molecule has 2 aromatic rings. The molecule has 0 saturated heterocycles. The van der Waals surface area contributed by atoms with Gasteiger partial charge in [-0.2, -0.15) is 5.26 Å². The molecule has 128 valence electrons. The van der Waals surface area contributed by atoms with Crippen LogP contribution in [0.5, 0.6) is 5.75 Å². The lowest BCUT2D eigenvalue weighted by molar-refractivity contribution is -0.119. The molecule has 1 aliphatic rings. The molecule has 7 nitrogen and oxygen atoms in total. The van der Waals surface area contributed by atoms with Gasteiger partial charge in [-0.05, 0) is 25.1 Å². The molecule has 1 aliphatic heterocycles. The predicted octanol–water partition coefficient (Wildman–Crippen LogP) is 2.31. The van der Waals surface area contributed by atoms with E-state index in [2.05, 4.69) is 11.1 Å². The van der Waals surface area contributed by atoms with Crippen molar-refractivity contribution in [3.8, 4) is 22.9 Å². The molecule has 0 fully saturated rings. The molecule has 3 rings (SSSR count).